The van der Waals surface area contributed by atoms with Crippen molar-refractivity contribution < 1.29 is 18.7 Å². The molecule has 126 valence electrons. The maximum atomic E-state index is 12.5. The molecule has 1 unspecified atom stereocenters. The van der Waals surface area contributed by atoms with Gasteiger partial charge in [0.2, 0.25) is 5.91 Å². The number of rotatable bonds is 4. The monoisotopic (exact) mass is 349 g/mol. The number of carbonyl (C=O) groups is 2. The summed E-state index contributed by atoms with van der Waals surface area (Å²) in [6.45, 7) is 0.596. The molecule has 1 atom stereocenters. The number of hydrogen-bond acceptors (Lipinski definition) is 8. The average molecular weight is 349 g/mol. The zero-order valence-electron chi connectivity index (χ0n) is 12.8. The van der Waals surface area contributed by atoms with E-state index in [9.17, 15) is 9.59 Å². The van der Waals surface area contributed by atoms with Gasteiger partial charge in [0.05, 0.1) is 12.7 Å². The van der Waals surface area contributed by atoms with Crippen LogP contribution in [-0.4, -0.2) is 62.6 Å². The summed E-state index contributed by atoms with van der Waals surface area (Å²) < 4.78 is 9.82. The van der Waals surface area contributed by atoms with E-state index in [0.29, 0.717) is 29.4 Å². The van der Waals surface area contributed by atoms with Crippen molar-refractivity contribution in [2.75, 3.05) is 25.2 Å². The lowest BCUT2D eigenvalue weighted by Crippen LogP contribution is -2.40. The van der Waals surface area contributed by atoms with Crippen LogP contribution in [0.15, 0.2) is 22.8 Å². The minimum atomic E-state index is -0.491. The number of aromatic nitrogens is 4. The number of H-pyrrole nitrogens is 1. The molecule has 3 rings (SSSR count). The first-order chi connectivity index (χ1) is 11.7. The van der Waals surface area contributed by atoms with Crippen molar-refractivity contribution in [3.8, 4) is 0 Å². The van der Waals surface area contributed by atoms with Crippen LogP contribution in [0.4, 0.5) is 0 Å². The van der Waals surface area contributed by atoms with Crippen molar-refractivity contribution in [2.24, 2.45) is 0 Å². The fourth-order valence-corrected chi connectivity index (χ4v) is 3.35. The number of amides is 1. The smallest absolute Gasteiger partial charge is 0.341 e. The maximum Gasteiger partial charge on any atom is 0.341 e. The summed E-state index contributed by atoms with van der Waals surface area (Å²) >= 11 is 1.74. The highest BCUT2D eigenvalue weighted by Gasteiger charge is 2.30. The number of nitrogens with one attached hydrogen (secondary N) is 1. The molecule has 2 aromatic rings. The lowest BCUT2D eigenvalue weighted by atomic mass is 10.2. The van der Waals surface area contributed by atoms with Gasteiger partial charge in [-0.3, -0.25) is 4.79 Å². The Bertz CT molecular complexity index is 742. The molecule has 24 heavy (non-hydrogen) atoms. The zero-order valence-corrected chi connectivity index (χ0v) is 13.7. The quantitative estimate of drug-likeness (QED) is 0.640. The van der Waals surface area contributed by atoms with Crippen molar-refractivity contribution >= 4 is 29.7 Å². The number of esters is 1. The Balaban J connectivity index is 1.70. The molecule has 1 N–H and O–H groups in total. The first kappa shape index (κ1) is 16.2. The molecule has 1 saturated heterocycles. The molecule has 0 saturated carbocycles. The predicted molar refractivity (Wildman–Crippen MR) is 85.0 cm³/mol. The number of hydrogen-bond donors (Lipinski definition) is 1. The summed E-state index contributed by atoms with van der Waals surface area (Å²) in [5.41, 5.74) is 0.295. The normalized spacial score (nSPS) is 18.0. The number of furan rings is 1. The topological polar surface area (TPSA) is 114 Å². The minimum Gasteiger partial charge on any atom is -0.465 e. The Morgan fingerprint density at radius 3 is 3.17 bits per heavy atom. The van der Waals surface area contributed by atoms with E-state index >= 15 is 0 Å². The lowest BCUT2D eigenvalue weighted by Gasteiger charge is -2.32. The van der Waals surface area contributed by atoms with Gasteiger partial charge in [0, 0.05) is 24.1 Å². The van der Waals surface area contributed by atoms with E-state index in [-0.39, 0.29) is 11.9 Å². The van der Waals surface area contributed by atoms with Crippen LogP contribution >= 0.6 is 11.8 Å². The summed E-state index contributed by atoms with van der Waals surface area (Å²) in [5, 5.41) is 13.9. The van der Waals surface area contributed by atoms with Crippen LogP contribution in [-0.2, 0) is 9.53 Å². The highest BCUT2D eigenvalue weighted by molar-refractivity contribution is 7.99. The third-order valence-corrected chi connectivity index (χ3v) is 4.53. The van der Waals surface area contributed by atoms with Crippen molar-refractivity contribution in [2.45, 2.75) is 6.04 Å². The molecule has 1 amide bonds. The van der Waals surface area contributed by atoms with Crippen LogP contribution < -0.4 is 0 Å². The second kappa shape index (κ2) is 7.30. The van der Waals surface area contributed by atoms with Crippen molar-refractivity contribution in [1.29, 1.82) is 0 Å². The number of tetrazole rings is 1. The first-order valence-electron chi connectivity index (χ1n) is 7.15. The van der Waals surface area contributed by atoms with E-state index in [4.69, 9.17) is 4.42 Å². The summed E-state index contributed by atoms with van der Waals surface area (Å²) in [6.07, 6.45) is 4.21. The molecule has 1 aliphatic heterocycles. The predicted octanol–water partition coefficient (Wildman–Crippen LogP) is 0.909. The van der Waals surface area contributed by atoms with E-state index in [1.165, 1.54) is 31.6 Å². The van der Waals surface area contributed by atoms with Crippen LogP contribution in [0.25, 0.3) is 6.08 Å². The third kappa shape index (κ3) is 3.48. The Hall–Kier alpha value is -2.62. The van der Waals surface area contributed by atoms with E-state index in [1.807, 2.05) is 0 Å². The van der Waals surface area contributed by atoms with Crippen molar-refractivity contribution in [3.63, 3.8) is 0 Å². The van der Waals surface area contributed by atoms with Gasteiger partial charge in [-0.25, -0.2) is 4.79 Å². The molecule has 0 bridgehead atoms. The number of nitrogens with zero attached hydrogens (tertiary/aromatic N) is 4. The molecule has 0 spiro atoms. The minimum absolute atomic E-state index is 0.180. The number of thioether (sulfide) groups is 1. The van der Waals surface area contributed by atoms with Crippen LogP contribution in [0.5, 0.6) is 0 Å². The van der Waals surface area contributed by atoms with Crippen molar-refractivity contribution in [3.05, 3.63) is 35.6 Å². The Morgan fingerprint density at radius 2 is 2.42 bits per heavy atom. The fraction of sp³-hybridized carbons (Fsp3) is 0.357. The largest absolute Gasteiger partial charge is 0.465 e. The van der Waals surface area contributed by atoms with Crippen LogP contribution in [0.3, 0.4) is 0 Å². The summed E-state index contributed by atoms with van der Waals surface area (Å²) in [6, 6.07) is 1.29. The number of carbonyl (C=O) groups excluding carboxylic acids is 2. The second-order valence-electron chi connectivity index (χ2n) is 4.96. The highest BCUT2D eigenvalue weighted by Crippen LogP contribution is 2.27. The van der Waals surface area contributed by atoms with Crippen LogP contribution in [0, 0.1) is 0 Å². The van der Waals surface area contributed by atoms with Gasteiger partial charge in [0.25, 0.3) is 0 Å². The average Bonchev–Trinajstić information content (AvgIpc) is 3.30. The maximum absolute atomic E-state index is 12.5. The van der Waals surface area contributed by atoms with Gasteiger partial charge in [0.15, 0.2) is 5.82 Å². The third-order valence-electron chi connectivity index (χ3n) is 3.50. The Labute approximate surface area is 141 Å². The van der Waals surface area contributed by atoms with E-state index < -0.39 is 5.97 Å². The molecular weight excluding hydrogens is 334 g/mol. The molecule has 1 fully saturated rings. The van der Waals surface area contributed by atoms with Gasteiger partial charge in [-0.05, 0) is 12.1 Å². The summed E-state index contributed by atoms with van der Waals surface area (Å²) in [4.78, 5) is 25.6. The molecule has 9 nitrogen and oxygen atoms in total. The lowest BCUT2D eigenvalue weighted by molar-refractivity contribution is -0.128. The van der Waals surface area contributed by atoms with Crippen LogP contribution in [0.2, 0.25) is 0 Å². The molecule has 0 aliphatic carbocycles. The van der Waals surface area contributed by atoms with E-state index in [1.54, 1.807) is 16.7 Å². The molecule has 3 heterocycles. The molecule has 1 aliphatic rings. The summed E-state index contributed by atoms with van der Waals surface area (Å²) in [5.74, 6) is 1.78. The number of methoxy groups -OCH3 is 1. The Morgan fingerprint density at radius 1 is 1.54 bits per heavy atom. The van der Waals surface area contributed by atoms with Gasteiger partial charge in [-0.15, -0.1) is 10.2 Å². The van der Waals surface area contributed by atoms with Gasteiger partial charge in [-0.2, -0.15) is 17.0 Å². The molecule has 2 aromatic heterocycles. The molecule has 0 aromatic carbocycles. The standard InChI is InChI=1S/C14H15N5O4S/c1-22-14(21)9-6-10(23-7-9)2-3-12(20)19-4-5-24-8-11(19)13-15-17-18-16-13/h2-3,6-7,11H,4-5,8H2,1H3,(H,15,16,17,18)/b3-2+. The van der Waals surface area contributed by atoms with Gasteiger partial charge < -0.3 is 14.1 Å². The van der Waals surface area contributed by atoms with E-state index in [0.717, 1.165) is 5.75 Å². The first-order valence-corrected chi connectivity index (χ1v) is 8.31. The van der Waals surface area contributed by atoms with Crippen molar-refractivity contribution in [1.82, 2.24) is 25.5 Å². The molecule has 10 heteroatoms. The Kier molecular flexibility index (Phi) is 4.94. The highest BCUT2D eigenvalue weighted by atomic mass is 32.2. The van der Waals surface area contributed by atoms with Gasteiger partial charge in [0.1, 0.15) is 18.1 Å². The van der Waals surface area contributed by atoms with Gasteiger partial charge >= 0.3 is 5.97 Å². The number of ether oxygens (including phenoxy) is 1. The fourth-order valence-electron chi connectivity index (χ4n) is 2.31. The number of aromatic amines is 1. The second-order valence-corrected chi connectivity index (χ2v) is 6.10. The van der Waals surface area contributed by atoms with Gasteiger partial charge in [-0.1, -0.05) is 5.21 Å². The zero-order chi connectivity index (χ0) is 16.9. The summed E-state index contributed by atoms with van der Waals surface area (Å²) in [7, 11) is 1.29. The molecular formula is C14H15N5O4S. The van der Waals surface area contributed by atoms with E-state index in [2.05, 4.69) is 25.4 Å². The molecule has 0 radical (unpaired) electrons. The van der Waals surface area contributed by atoms with Crippen LogP contribution in [0.1, 0.15) is 28.0 Å². The SMILES string of the molecule is COC(=O)c1coc(/C=C/C(=O)N2CCSCC2c2nn[nH]n2)c1.